The highest BCUT2D eigenvalue weighted by atomic mass is 127. The SMILES string of the molecule is CCC(CC)C1CCN(C(=NCc2ccc(OC)cc2)NCc2nnc(C)n2C)C1.I. The van der Waals surface area contributed by atoms with Crippen LogP contribution in [0.1, 0.15) is 50.3 Å². The van der Waals surface area contributed by atoms with Crippen molar-refractivity contribution >= 4 is 29.9 Å². The average molecular weight is 540 g/mol. The van der Waals surface area contributed by atoms with Gasteiger partial charge in [-0.1, -0.05) is 38.8 Å². The highest BCUT2D eigenvalue weighted by Crippen LogP contribution is 2.28. The number of hydrogen-bond donors (Lipinski definition) is 1. The van der Waals surface area contributed by atoms with E-state index in [0.717, 1.165) is 48.3 Å². The molecule has 0 spiro atoms. The number of ether oxygens (including phenoxy) is 1. The lowest BCUT2D eigenvalue weighted by atomic mass is 9.87. The molecule has 1 N–H and O–H groups in total. The number of rotatable bonds is 8. The predicted molar refractivity (Wildman–Crippen MR) is 136 cm³/mol. The van der Waals surface area contributed by atoms with Crippen molar-refractivity contribution < 1.29 is 4.74 Å². The van der Waals surface area contributed by atoms with Crippen molar-refractivity contribution in [2.45, 2.75) is 53.1 Å². The van der Waals surface area contributed by atoms with Crippen molar-refractivity contribution in [3.05, 3.63) is 41.5 Å². The fourth-order valence-electron chi connectivity index (χ4n) is 4.25. The van der Waals surface area contributed by atoms with Crippen molar-refractivity contribution in [3.8, 4) is 5.75 Å². The second-order valence-electron chi connectivity index (χ2n) is 8.14. The van der Waals surface area contributed by atoms with Crippen LogP contribution in [-0.4, -0.2) is 45.8 Å². The van der Waals surface area contributed by atoms with Crippen LogP contribution in [0.4, 0.5) is 0 Å². The van der Waals surface area contributed by atoms with Gasteiger partial charge in [0.2, 0.25) is 0 Å². The molecule has 1 fully saturated rings. The summed E-state index contributed by atoms with van der Waals surface area (Å²) in [6, 6.07) is 8.12. The van der Waals surface area contributed by atoms with Crippen LogP contribution >= 0.6 is 24.0 Å². The van der Waals surface area contributed by atoms with E-state index >= 15 is 0 Å². The molecule has 172 valence electrons. The van der Waals surface area contributed by atoms with E-state index in [0.29, 0.717) is 13.1 Å². The molecule has 31 heavy (non-hydrogen) atoms. The third-order valence-corrected chi connectivity index (χ3v) is 6.40. The van der Waals surface area contributed by atoms with E-state index in [1.807, 2.05) is 30.7 Å². The molecule has 2 heterocycles. The molecule has 1 aromatic carbocycles. The van der Waals surface area contributed by atoms with E-state index in [9.17, 15) is 0 Å². The maximum atomic E-state index is 5.26. The van der Waals surface area contributed by atoms with Crippen LogP contribution in [0.3, 0.4) is 0 Å². The predicted octanol–water partition coefficient (Wildman–Crippen LogP) is 4.15. The first-order valence-corrected chi connectivity index (χ1v) is 11.1. The fourth-order valence-corrected chi connectivity index (χ4v) is 4.25. The van der Waals surface area contributed by atoms with Crippen LogP contribution in [-0.2, 0) is 20.1 Å². The van der Waals surface area contributed by atoms with Gasteiger partial charge in [-0.2, -0.15) is 0 Å². The van der Waals surface area contributed by atoms with E-state index in [1.54, 1.807) is 7.11 Å². The Morgan fingerprint density at radius 3 is 2.52 bits per heavy atom. The number of aryl methyl sites for hydroxylation is 1. The molecule has 0 radical (unpaired) electrons. The van der Waals surface area contributed by atoms with Gasteiger partial charge in [0.05, 0.1) is 20.2 Å². The topological polar surface area (TPSA) is 67.6 Å². The van der Waals surface area contributed by atoms with Crippen molar-refractivity contribution in [3.63, 3.8) is 0 Å². The molecule has 0 aliphatic carbocycles. The maximum Gasteiger partial charge on any atom is 0.194 e. The smallest absolute Gasteiger partial charge is 0.194 e. The summed E-state index contributed by atoms with van der Waals surface area (Å²) in [5.41, 5.74) is 1.17. The zero-order valence-electron chi connectivity index (χ0n) is 19.5. The van der Waals surface area contributed by atoms with Crippen LogP contribution in [0, 0.1) is 18.8 Å². The molecule has 0 saturated carbocycles. The summed E-state index contributed by atoms with van der Waals surface area (Å²) in [6.07, 6.45) is 3.73. The second-order valence-corrected chi connectivity index (χ2v) is 8.14. The molecule has 2 aromatic rings. The first kappa shape index (κ1) is 25.4. The van der Waals surface area contributed by atoms with Crippen LogP contribution in [0.25, 0.3) is 0 Å². The Labute approximate surface area is 203 Å². The molecule has 1 atom stereocenters. The Morgan fingerprint density at radius 2 is 1.94 bits per heavy atom. The standard InChI is InChI=1S/C23H36N6O.HI/c1-6-19(7-2)20-12-13-29(16-20)23(25-15-22-27-26-17(3)28(22)4)24-14-18-8-10-21(30-5)11-9-18;/h8-11,19-20H,6-7,12-16H2,1-5H3,(H,24,25);1H. The number of guanidine groups is 1. The molecule has 7 nitrogen and oxygen atoms in total. The van der Waals surface area contributed by atoms with Crippen molar-refractivity contribution in [1.29, 1.82) is 0 Å². The lowest BCUT2D eigenvalue weighted by Gasteiger charge is -2.24. The van der Waals surface area contributed by atoms with Gasteiger partial charge < -0.3 is 19.5 Å². The number of hydrogen-bond acceptors (Lipinski definition) is 4. The Kier molecular flexibility index (Phi) is 10.1. The Balaban J connectivity index is 0.00000341. The van der Waals surface area contributed by atoms with Crippen LogP contribution < -0.4 is 10.1 Å². The minimum absolute atomic E-state index is 0. The molecule has 8 heteroatoms. The van der Waals surface area contributed by atoms with Crippen LogP contribution in [0.15, 0.2) is 29.3 Å². The van der Waals surface area contributed by atoms with Gasteiger partial charge in [-0.25, -0.2) is 4.99 Å². The van der Waals surface area contributed by atoms with E-state index < -0.39 is 0 Å². The minimum Gasteiger partial charge on any atom is -0.497 e. The monoisotopic (exact) mass is 540 g/mol. The second kappa shape index (κ2) is 12.3. The average Bonchev–Trinajstić information content (AvgIpc) is 3.37. The van der Waals surface area contributed by atoms with Crippen LogP contribution in [0.2, 0.25) is 0 Å². The highest BCUT2D eigenvalue weighted by molar-refractivity contribution is 14.0. The summed E-state index contributed by atoms with van der Waals surface area (Å²) in [5.74, 6) is 5.19. The molecule has 1 aliphatic rings. The largest absolute Gasteiger partial charge is 0.497 e. The number of methoxy groups -OCH3 is 1. The van der Waals surface area contributed by atoms with Gasteiger partial charge in [0.1, 0.15) is 11.6 Å². The molecular weight excluding hydrogens is 503 g/mol. The summed E-state index contributed by atoms with van der Waals surface area (Å²) in [7, 11) is 3.69. The summed E-state index contributed by atoms with van der Waals surface area (Å²) < 4.78 is 7.28. The van der Waals surface area contributed by atoms with Gasteiger partial charge in [0.15, 0.2) is 11.8 Å². The molecule has 1 aliphatic heterocycles. The zero-order valence-corrected chi connectivity index (χ0v) is 21.8. The first-order chi connectivity index (χ1) is 14.5. The number of nitrogens with one attached hydrogen (secondary N) is 1. The van der Waals surface area contributed by atoms with Crippen molar-refractivity contribution in [1.82, 2.24) is 25.0 Å². The van der Waals surface area contributed by atoms with Gasteiger partial charge in [-0.05, 0) is 42.9 Å². The Hall–Kier alpha value is -1.84. The number of benzene rings is 1. The third-order valence-electron chi connectivity index (χ3n) is 6.40. The van der Waals surface area contributed by atoms with E-state index in [2.05, 4.69) is 46.4 Å². The number of likely N-dealkylation sites (tertiary alicyclic amines) is 1. The molecule has 3 rings (SSSR count). The van der Waals surface area contributed by atoms with Crippen molar-refractivity contribution in [2.24, 2.45) is 23.9 Å². The summed E-state index contributed by atoms with van der Waals surface area (Å²) in [5, 5.41) is 12.0. The number of halogens is 1. The third kappa shape index (κ3) is 6.57. The summed E-state index contributed by atoms with van der Waals surface area (Å²) in [6.45, 7) is 9.96. The Morgan fingerprint density at radius 1 is 1.23 bits per heavy atom. The zero-order chi connectivity index (χ0) is 21.5. The highest BCUT2D eigenvalue weighted by Gasteiger charge is 2.29. The maximum absolute atomic E-state index is 5.26. The molecule has 1 saturated heterocycles. The van der Waals surface area contributed by atoms with Gasteiger partial charge in [-0.15, -0.1) is 34.2 Å². The number of nitrogens with zero attached hydrogens (tertiary/aromatic N) is 5. The van der Waals surface area contributed by atoms with Gasteiger partial charge in [0, 0.05) is 20.1 Å². The molecule has 1 aromatic heterocycles. The quantitative estimate of drug-likeness (QED) is 0.310. The van der Waals surface area contributed by atoms with Crippen LogP contribution in [0.5, 0.6) is 5.75 Å². The minimum atomic E-state index is 0. The van der Waals surface area contributed by atoms with Crippen molar-refractivity contribution in [2.75, 3.05) is 20.2 Å². The molecule has 0 amide bonds. The summed E-state index contributed by atoms with van der Waals surface area (Å²) in [4.78, 5) is 7.37. The first-order valence-electron chi connectivity index (χ1n) is 11.1. The van der Waals surface area contributed by atoms with E-state index in [1.165, 1.54) is 24.8 Å². The molecular formula is C23H37IN6O. The van der Waals surface area contributed by atoms with Gasteiger partial charge in [0.25, 0.3) is 0 Å². The molecule has 1 unspecified atom stereocenters. The van der Waals surface area contributed by atoms with Gasteiger partial charge >= 0.3 is 0 Å². The Bertz CT molecular complexity index is 831. The number of aliphatic imine (C=N–C) groups is 1. The van der Waals surface area contributed by atoms with E-state index in [4.69, 9.17) is 9.73 Å². The normalized spacial score (nSPS) is 16.5. The molecule has 0 bridgehead atoms. The van der Waals surface area contributed by atoms with E-state index in [-0.39, 0.29) is 24.0 Å². The fraction of sp³-hybridized carbons (Fsp3) is 0.609. The lowest BCUT2D eigenvalue weighted by molar-refractivity contribution is 0.318. The number of aromatic nitrogens is 3. The lowest BCUT2D eigenvalue weighted by Crippen LogP contribution is -2.40. The summed E-state index contributed by atoms with van der Waals surface area (Å²) >= 11 is 0. The van der Waals surface area contributed by atoms with Gasteiger partial charge in [-0.3, -0.25) is 0 Å².